The first kappa shape index (κ1) is 54.3. The second kappa shape index (κ2) is 31.0. The quantitative estimate of drug-likeness (QED) is 0.0320. The van der Waals surface area contributed by atoms with Crippen LogP contribution in [0.25, 0.3) is 0 Å². The van der Waals surface area contributed by atoms with Crippen molar-refractivity contribution in [3.8, 4) is 0 Å². The lowest BCUT2D eigenvalue weighted by Gasteiger charge is -2.28. The van der Waals surface area contributed by atoms with Crippen LogP contribution in [0.2, 0.25) is 0 Å². The van der Waals surface area contributed by atoms with Crippen LogP contribution in [-0.2, 0) is 37.7 Å². The molecule has 1 aromatic heterocycles. The van der Waals surface area contributed by atoms with Gasteiger partial charge in [0.1, 0.15) is 30.2 Å². The number of unbranched alkanes of at least 4 members (excludes halogenated alkanes) is 17. The summed E-state index contributed by atoms with van der Waals surface area (Å²) in [4.78, 5) is 64.0. The van der Waals surface area contributed by atoms with E-state index in [-0.39, 0.29) is 56.2 Å². The highest BCUT2D eigenvalue weighted by atomic mass is 31.2. The molecule has 0 aliphatic carbocycles. The molecule has 61 heavy (non-hydrogen) atoms. The molecular formula is C44H80N5O11P. The minimum absolute atomic E-state index is 0.00555. The molecule has 1 aliphatic heterocycles. The van der Waals surface area contributed by atoms with Crippen LogP contribution in [-0.4, -0.2) is 93.2 Å². The summed E-state index contributed by atoms with van der Waals surface area (Å²) in [6.45, 7) is 9.77. The molecule has 17 heteroatoms. The number of aliphatic carboxylic acids is 1. The van der Waals surface area contributed by atoms with Crippen molar-refractivity contribution in [2.45, 2.75) is 218 Å². The number of hydrogen-bond donors (Lipinski definition) is 5. The van der Waals surface area contributed by atoms with Crippen molar-refractivity contribution in [3.63, 3.8) is 0 Å². The zero-order chi connectivity index (χ0) is 45.0. The van der Waals surface area contributed by atoms with E-state index >= 15 is 0 Å². The summed E-state index contributed by atoms with van der Waals surface area (Å²) in [6, 6.07) is 0.331. The molecule has 2 rings (SSSR count). The summed E-state index contributed by atoms with van der Waals surface area (Å²) in [5, 5.41) is 15.0. The Hall–Kier alpha value is -2.88. The molecule has 16 nitrogen and oxygen atoms in total. The van der Waals surface area contributed by atoms with E-state index in [0.717, 1.165) is 38.5 Å². The average molecular weight is 886 g/mol. The number of hydrogen-bond acceptors (Lipinski definition) is 11. The van der Waals surface area contributed by atoms with Crippen LogP contribution in [0.15, 0.2) is 17.1 Å². The molecule has 0 bridgehead atoms. The summed E-state index contributed by atoms with van der Waals surface area (Å²) >= 11 is 0. The first-order chi connectivity index (χ1) is 29.2. The van der Waals surface area contributed by atoms with E-state index < -0.39 is 55.5 Å². The van der Waals surface area contributed by atoms with Crippen LogP contribution in [0.3, 0.4) is 0 Å². The highest BCUT2D eigenvalue weighted by Gasteiger charge is 2.50. The Balaban J connectivity index is 1.67. The number of aromatic nitrogens is 2. The van der Waals surface area contributed by atoms with Gasteiger partial charge >= 0.3 is 19.3 Å². The van der Waals surface area contributed by atoms with Crippen molar-refractivity contribution < 1.29 is 47.7 Å². The fourth-order valence-corrected chi connectivity index (χ4v) is 7.99. The Labute approximate surface area is 364 Å². The summed E-state index contributed by atoms with van der Waals surface area (Å²) in [5.74, 6) is -1.70. The molecule has 352 valence electrons. The second-order valence-electron chi connectivity index (χ2n) is 17.0. The lowest BCUT2D eigenvalue weighted by atomic mass is 10.0. The Bertz CT molecular complexity index is 1500. The van der Waals surface area contributed by atoms with Crippen molar-refractivity contribution in [1.82, 2.24) is 20.2 Å². The van der Waals surface area contributed by atoms with Gasteiger partial charge in [0.05, 0.1) is 18.4 Å². The lowest BCUT2D eigenvalue weighted by Crippen LogP contribution is -2.41. The predicted molar refractivity (Wildman–Crippen MR) is 237 cm³/mol. The van der Waals surface area contributed by atoms with E-state index in [1.54, 1.807) is 13.8 Å². The first-order valence-corrected chi connectivity index (χ1v) is 24.8. The van der Waals surface area contributed by atoms with Crippen molar-refractivity contribution in [1.29, 1.82) is 0 Å². The van der Waals surface area contributed by atoms with Crippen molar-refractivity contribution in [3.05, 3.63) is 22.7 Å². The summed E-state index contributed by atoms with van der Waals surface area (Å²) in [5.41, 5.74) is 4.34. The molecule has 6 atom stereocenters. The zero-order valence-electron chi connectivity index (χ0n) is 37.9. The van der Waals surface area contributed by atoms with Crippen molar-refractivity contribution >= 4 is 31.2 Å². The van der Waals surface area contributed by atoms with Gasteiger partial charge < -0.3 is 40.6 Å². The molecule has 0 radical (unpaired) electrons. The molecule has 1 aliphatic rings. The normalized spacial score (nSPS) is 19.3. The standard InChI is InChI=1S/C44H80N5O11P/c1-6-7-8-9-10-11-12-13-14-15-16-17-18-19-22-25-39(51)47-35(43(52)53)26-27-38(50)46-29-23-20-21-24-31-57-41-40(60-61(55,56)34(4)5)36(32-58-33(2)3)59-42(41)49-30-28-37(45)48-44(49)54/h28,30,33-36,40-42H,6-27,29,31-32H2,1-5H3,(H,46,50)(H,47,51)(H,52,53)(H,55,56)(H2,45,48,54)/t35-,36+,40+,41+,42+/m0/s1. The maximum Gasteiger partial charge on any atom is 0.351 e. The van der Waals surface area contributed by atoms with Gasteiger partial charge in [0.15, 0.2) is 6.23 Å². The average Bonchev–Trinajstić information content (AvgIpc) is 3.52. The van der Waals surface area contributed by atoms with E-state index in [1.807, 2.05) is 13.8 Å². The van der Waals surface area contributed by atoms with Gasteiger partial charge in [0.25, 0.3) is 0 Å². The fraction of sp³-hybridized carbons (Fsp3) is 0.841. The summed E-state index contributed by atoms with van der Waals surface area (Å²) in [7, 11) is -4.10. The van der Waals surface area contributed by atoms with E-state index in [2.05, 4.69) is 22.5 Å². The number of amides is 2. The number of carbonyl (C=O) groups is 3. The molecule has 0 saturated carbocycles. The van der Waals surface area contributed by atoms with Crippen molar-refractivity contribution in [2.75, 3.05) is 25.5 Å². The number of carbonyl (C=O) groups excluding carboxylic acids is 2. The van der Waals surface area contributed by atoms with E-state index in [4.69, 9.17) is 24.5 Å². The predicted octanol–water partition coefficient (Wildman–Crippen LogP) is 7.80. The third-order valence-corrected chi connectivity index (χ3v) is 12.8. The molecule has 2 heterocycles. The maximum absolute atomic E-state index is 13.1. The minimum Gasteiger partial charge on any atom is -0.480 e. The van der Waals surface area contributed by atoms with Crippen LogP contribution in [0.1, 0.15) is 182 Å². The smallest absolute Gasteiger partial charge is 0.351 e. The summed E-state index contributed by atoms with van der Waals surface area (Å²) in [6.07, 6.45) is 18.9. The van der Waals surface area contributed by atoms with Gasteiger partial charge in [-0.15, -0.1) is 0 Å². The molecule has 0 aromatic carbocycles. The number of anilines is 1. The Morgan fingerprint density at radius 2 is 1.43 bits per heavy atom. The number of nitrogen functional groups attached to an aromatic ring is 1. The largest absolute Gasteiger partial charge is 0.480 e. The Morgan fingerprint density at radius 1 is 0.852 bits per heavy atom. The topological polar surface area (TPSA) is 231 Å². The van der Waals surface area contributed by atoms with Crippen LogP contribution in [0.5, 0.6) is 0 Å². The fourth-order valence-electron chi connectivity index (χ4n) is 7.15. The van der Waals surface area contributed by atoms with Crippen LogP contribution in [0.4, 0.5) is 5.82 Å². The van der Waals surface area contributed by atoms with Gasteiger partial charge in [-0.2, -0.15) is 4.98 Å². The molecule has 1 unspecified atom stereocenters. The number of nitrogens with zero attached hydrogens (tertiary/aromatic N) is 2. The molecule has 1 fully saturated rings. The third-order valence-electron chi connectivity index (χ3n) is 10.9. The van der Waals surface area contributed by atoms with Crippen LogP contribution in [0, 0.1) is 0 Å². The van der Waals surface area contributed by atoms with Gasteiger partial charge in [-0.1, -0.05) is 124 Å². The maximum atomic E-state index is 13.1. The number of carboxylic acids is 1. The molecule has 0 spiro atoms. The number of nitrogens with one attached hydrogen (secondary N) is 2. The Morgan fingerprint density at radius 3 is 1.98 bits per heavy atom. The third kappa shape index (κ3) is 22.9. The Kier molecular flexibility index (Phi) is 27.6. The monoisotopic (exact) mass is 886 g/mol. The number of carboxylic acid groups (broad SMARTS) is 1. The van der Waals surface area contributed by atoms with Gasteiger partial charge in [0.2, 0.25) is 11.8 Å². The van der Waals surface area contributed by atoms with Crippen LogP contribution >= 0.6 is 7.60 Å². The van der Waals surface area contributed by atoms with E-state index in [1.165, 1.54) is 87.5 Å². The minimum atomic E-state index is -4.10. The summed E-state index contributed by atoms with van der Waals surface area (Å²) < 4.78 is 38.3. The number of ether oxygens (including phenoxy) is 3. The van der Waals surface area contributed by atoms with E-state index in [0.29, 0.717) is 19.4 Å². The molecule has 6 N–H and O–H groups in total. The van der Waals surface area contributed by atoms with E-state index in [9.17, 15) is 33.7 Å². The highest BCUT2D eigenvalue weighted by Crippen LogP contribution is 2.51. The van der Waals surface area contributed by atoms with Crippen LogP contribution < -0.4 is 22.1 Å². The first-order valence-electron chi connectivity index (χ1n) is 23.2. The molecular weight excluding hydrogens is 805 g/mol. The molecule has 2 amide bonds. The van der Waals surface area contributed by atoms with Gasteiger partial charge in [-0.05, 0) is 45.6 Å². The van der Waals surface area contributed by atoms with Gasteiger partial charge in [-0.25, -0.2) is 9.59 Å². The SMILES string of the molecule is CCCCCCCCCCCCCCCCCC(=O)N[C@@H](CCC(=O)NCCCCCCO[C@@H]1[C@H](OP(=O)(O)C(C)C)[C@@H](COC(C)C)O[C@H]1n1ccc(N)nc1=O)C(=O)O. The zero-order valence-corrected chi connectivity index (χ0v) is 38.8. The number of nitrogens with two attached hydrogens (primary N) is 1. The highest BCUT2D eigenvalue weighted by molar-refractivity contribution is 7.53. The number of rotatable bonds is 36. The van der Waals surface area contributed by atoms with Gasteiger partial charge in [0, 0.05) is 32.2 Å². The lowest BCUT2D eigenvalue weighted by molar-refractivity contribution is -0.142. The van der Waals surface area contributed by atoms with Gasteiger partial charge in [-0.3, -0.25) is 23.2 Å². The molecule has 1 aromatic rings. The van der Waals surface area contributed by atoms with Crippen molar-refractivity contribution in [2.24, 2.45) is 0 Å². The molecule has 1 saturated heterocycles. The second-order valence-corrected chi connectivity index (χ2v) is 19.4.